The highest BCUT2D eigenvalue weighted by Crippen LogP contribution is 1.93. The third kappa shape index (κ3) is 6.53. The summed E-state index contributed by atoms with van der Waals surface area (Å²) in [6, 6.07) is 0. The van der Waals surface area contributed by atoms with Gasteiger partial charge in [-0.3, -0.25) is 0 Å². The average Bonchev–Trinajstić information content (AvgIpc) is 1.61. The minimum Gasteiger partial charge on any atom is -0.136 e. The van der Waals surface area contributed by atoms with Crippen LogP contribution in [0.25, 0.3) is 0 Å². The van der Waals surface area contributed by atoms with E-state index in [1.54, 1.807) is 5.37 Å². The highest BCUT2D eigenvalue weighted by atomic mass is 32.1. The lowest BCUT2D eigenvalue weighted by Crippen LogP contribution is -1.80. The van der Waals surface area contributed by atoms with E-state index in [4.69, 9.17) is 0 Å². The first-order valence-corrected chi connectivity index (χ1v) is 3.25. The van der Waals surface area contributed by atoms with E-state index in [0.717, 1.165) is 17.0 Å². The van der Waals surface area contributed by atoms with E-state index in [0.29, 0.717) is 0 Å². The van der Waals surface area contributed by atoms with Crippen molar-refractivity contribution < 1.29 is 0 Å². The summed E-state index contributed by atoms with van der Waals surface area (Å²) in [6.45, 7) is 0. The van der Waals surface area contributed by atoms with E-state index in [-0.39, 0.29) is 0 Å². The Hall–Kier alpha value is 0.530. The molecule has 3 heteroatoms. The van der Waals surface area contributed by atoms with Crippen molar-refractivity contribution in [2.24, 2.45) is 0 Å². The lowest BCUT2D eigenvalue weighted by molar-refractivity contribution is 1.23. The minimum atomic E-state index is 0.737. The van der Waals surface area contributed by atoms with Crippen LogP contribution in [0, 0.1) is 0 Å². The molecular weight excluding hydrogens is 144 g/mol. The maximum Gasteiger partial charge on any atom is 0.0451 e. The molecule has 0 saturated carbocycles. The van der Waals surface area contributed by atoms with Gasteiger partial charge in [0, 0.05) is 4.20 Å². The van der Waals surface area contributed by atoms with Gasteiger partial charge in [-0.25, -0.2) is 0 Å². The smallest absolute Gasteiger partial charge is 0.0451 e. The second-order valence-electron chi connectivity index (χ2n) is 1.10. The van der Waals surface area contributed by atoms with Gasteiger partial charge in [0.2, 0.25) is 0 Å². The second-order valence-corrected chi connectivity index (χ2v) is 2.77. The molecule has 0 spiro atoms. The van der Waals surface area contributed by atoms with Crippen LogP contribution in [0.4, 0.5) is 0 Å². The van der Waals surface area contributed by atoms with Gasteiger partial charge in [-0.05, 0) is 18.2 Å². The fraction of sp³-hybridized carbons (Fsp3) is 0.500. The van der Waals surface area contributed by atoms with Crippen LogP contribution >= 0.6 is 37.1 Å². The van der Waals surface area contributed by atoms with Gasteiger partial charge in [-0.1, -0.05) is 24.4 Å². The molecule has 0 bridgehead atoms. The molecule has 0 unspecified atom stereocenters. The molecule has 0 rings (SSSR count). The topological polar surface area (TPSA) is 0 Å². The van der Waals surface area contributed by atoms with Crippen LogP contribution in [-0.4, -0.2) is 9.56 Å². The zero-order chi connectivity index (χ0) is 5.70. The maximum atomic E-state index is 4.66. The summed E-state index contributed by atoms with van der Waals surface area (Å²) in [6.07, 6.45) is 1.71. The van der Waals surface area contributed by atoms with Crippen molar-refractivity contribution in [3.8, 4) is 0 Å². The Morgan fingerprint density at radius 1 is 1.71 bits per heavy atom. The van der Waals surface area contributed by atoms with Crippen LogP contribution in [0.15, 0.2) is 0 Å². The van der Waals surface area contributed by atoms with Crippen LogP contribution in [0.3, 0.4) is 0 Å². The fourth-order valence-corrected chi connectivity index (χ4v) is 0.547. The molecule has 0 radical (unpaired) electrons. The Bertz CT molecular complexity index is 77.0. The van der Waals surface area contributed by atoms with Crippen molar-refractivity contribution in [1.29, 1.82) is 0 Å². The molecule has 0 amide bonds. The average molecular weight is 150 g/mol. The Balaban J connectivity index is 2.97. The van der Waals surface area contributed by atoms with Gasteiger partial charge in [0.1, 0.15) is 0 Å². The Kier molecular flexibility index (Phi) is 5.04. The van der Waals surface area contributed by atoms with Gasteiger partial charge in [0.05, 0.1) is 0 Å². The van der Waals surface area contributed by atoms with Crippen LogP contribution in [-0.2, 0) is 0 Å². The molecule has 0 fully saturated rings. The first-order chi connectivity index (χ1) is 3.27. The van der Waals surface area contributed by atoms with E-state index in [1.807, 2.05) is 0 Å². The van der Waals surface area contributed by atoms with E-state index in [2.05, 4.69) is 37.1 Å². The number of rotatable bonds is 3. The number of hydrogen-bond acceptors (Lipinski definition) is 2. The molecule has 0 aromatic heterocycles. The van der Waals surface area contributed by atoms with Gasteiger partial charge >= 0.3 is 0 Å². The molecule has 40 valence electrons. The summed E-state index contributed by atoms with van der Waals surface area (Å²) in [4.78, 5) is 0. The van der Waals surface area contributed by atoms with Crippen LogP contribution in [0.5, 0.6) is 0 Å². The molecule has 0 N–H and O–H groups in total. The molecule has 0 aliphatic rings. The SMILES string of the molecule is S=CCCC(=S)S. The Morgan fingerprint density at radius 2 is 2.29 bits per heavy atom. The third-order valence-electron chi connectivity index (χ3n) is 0.476. The molecule has 0 saturated heterocycles. The van der Waals surface area contributed by atoms with Gasteiger partial charge < -0.3 is 0 Å². The lowest BCUT2D eigenvalue weighted by atomic mass is 10.4. The predicted molar refractivity (Wildman–Crippen MR) is 44.5 cm³/mol. The Labute approximate surface area is 59.7 Å². The van der Waals surface area contributed by atoms with E-state index >= 15 is 0 Å². The third-order valence-corrected chi connectivity index (χ3v) is 1.14. The summed E-state index contributed by atoms with van der Waals surface area (Å²) < 4.78 is 0.737. The van der Waals surface area contributed by atoms with Crippen LogP contribution < -0.4 is 0 Å². The summed E-state index contributed by atoms with van der Waals surface area (Å²) in [5.74, 6) is 0. The molecule has 0 nitrogen and oxygen atoms in total. The maximum absolute atomic E-state index is 4.66. The highest BCUT2D eigenvalue weighted by Gasteiger charge is 1.82. The van der Waals surface area contributed by atoms with E-state index in [9.17, 15) is 0 Å². The van der Waals surface area contributed by atoms with Gasteiger partial charge in [-0.2, -0.15) is 0 Å². The van der Waals surface area contributed by atoms with E-state index < -0.39 is 0 Å². The van der Waals surface area contributed by atoms with Crippen molar-refractivity contribution in [1.82, 2.24) is 0 Å². The monoisotopic (exact) mass is 150 g/mol. The van der Waals surface area contributed by atoms with E-state index in [1.165, 1.54) is 0 Å². The number of hydrogen-bond donors (Lipinski definition) is 1. The second kappa shape index (κ2) is 4.68. The van der Waals surface area contributed by atoms with Gasteiger partial charge in [0.25, 0.3) is 0 Å². The van der Waals surface area contributed by atoms with Crippen molar-refractivity contribution in [2.45, 2.75) is 12.8 Å². The quantitative estimate of drug-likeness (QED) is 0.483. The predicted octanol–water partition coefficient (Wildman–Crippen LogP) is 2.02. The summed E-state index contributed by atoms with van der Waals surface area (Å²) in [7, 11) is 0. The Morgan fingerprint density at radius 3 is 2.43 bits per heavy atom. The number of thiocarbonyl (C=S) groups is 2. The van der Waals surface area contributed by atoms with Crippen LogP contribution in [0.2, 0.25) is 0 Å². The van der Waals surface area contributed by atoms with Gasteiger partial charge in [-0.15, -0.1) is 12.6 Å². The first-order valence-electron chi connectivity index (χ1n) is 1.93. The largest absolute Gasteiger partial charge is 0.136 e. The highest BCUT2D eigenvalue weighted by molar-refractivity contribution is 8.11. The standard InChI is InChI=1S/C4H6S3/c5-3-1-2-4(6)7/h3H,1-2H2,(H,6,7). The lowest BCUT2D eigenvalue weighted by Gasteiger charge is -1.84. The molecule has 0 aliphatic carbocycles. The summed E-state index contributed by atoms with van der Waals surface area (Å²) in [5, 5.41) is 1.67. The zero-order valence-electron chi connectivity index (χ0n) is 3.76. The summed E-state index contributed by atoms with van der Waals surface area (Å²) in [5.41, 5.74) is 0. The molecule has 7 heavy (non-hydrogen) atoms. The van der Waals surface area contributed by atoms with Crippen LogP contribution in [0.1, 0.15) is 12.8 Å². The first kappa shape index (κ1) is 7.53. The zero-order valence-corrected chi connectivity index (χ0v) is 6.28. The fourth-order valence-electron chi connectivity index (χ4n) is 0.182. The summed E-state index contributed by atoms with van der Waals surface area (Å²) >= 11 is 13.1. The molecule has 0 aromatic rings. The normalized spacial score (nSPS) is 8.14. The van der Waals surface area contributed by atoms with Crippen molar-refractivity contribution in [3.05, 3.63) is 0 Å². The minimum absolute atomic E-state index is 0.737. The molecule has 0 aliphatic heterocycles. The molecule has 0 heterocycles. The van der Waals surface area contributed by atoms with Crippen molar-refractivity contribution in [2.75, 3.05) is 0 Å². The molecule has 0 aromatic carbocycles. The number of thiol groups is 1. The molecule has 0 atom stereocenters. The van der Waals surface area contributed by atoms with Crippen molar-refractivity contribution >= 4 is 46.6 Å². The van der Waals surface area contributed by atoms with Crippen molar-refractivity contribution in [3.63, 3.8) is 0 Å². The van der Waals surface area contributed by atoms with Gasteiger partial charge in [0.15, 0.2) is 0 Å². The molecular formula is C4H6S3.